The van der Waals surface area contributed by atoms with Gasteiger partial charge in [-0.2, -0.15) is 0 Å². The van der Waals surface area contributed by atoms with Gasteiger partial charge in [-0.1, -0.05) is 24.7 Å². The Morgan fingerprint density at radius 1 is 1.35 bits per heavy atom. The minimum atomic E-state index is 0.615. The van der Waals surface area contributed by atoms with E-state index in [9.17, 15) is 0 Å². The van der Waals surface area contributed by atoms with Gasteiger partial charge in [0.05, 0.1) is 29.5 Å². The Kier molecular flexibility index (Phi) is 4.18. The summed E-state index contributed by atoms with van der Waals surface area (Å²) >= 11 is 3.20. The minimum Gasteiger partial charge on any atom is -0.378 e. The molecule has 0 spiro atoms. The van der Waals surface area contributed by atoms with Gasteiger partial charge in [0.2, 0.25) is 0 Å². The monoisotopic (exact) mass is 310 g/mol. The topological polar surface area (TPSA) is 64.3 Å². The van der Waals surface area contributed by atoms with Gasteiger partial charge in [0.25, 0.3) is 0 Å². The number of nitrogens with zero attached hydrogens (tertiary/aromatic N) is 3. The number of thiazole rings is 2. The normalized spacial score (nSPS) is 15.8. The van der Waals surface area contributed by atoms with Crippen LogP contribution in [0.1, 0.15) is 19.0 Å². The van der Waals surface area contributed by atoms with Crippen molar-refractivity contribution in [2.75, 3.05) is 36.9 Å². The van der Waals surface area contributed by atoms with Gasteiger partial charge in [0.1, 0.15) is 0 Å². The minimum absolute atomic E-state index is 0.615. The molecular weight excluding hydrogens is 292 g/mol. The summed E-state index contributed by atoms with van der Waals surface area (Å²) in [5, 5.41) is 3.72. The number of aryl methyl sites for hydroxylation is 1. The summed E-state index contributed by atoms with van der Waals surface area (Å²) in [5.41, 5.74) is 7.86. The van der Waals surface area contributed by atoms with Gasteiger partial charge in [0, 0.05) is 18.5 Å². The standard InChI is InChI=1S/C13H18N4OS2/c1-2-3-9-11(10-8-19-12(14)15-10)20-13(16-9)17-4-6-18-7-5-17/h8H,2-7H2,1H3,(H2,14,15). The molecule has 3 heterocycles. The van der Waals surface area contributed by atoms with Crippen LogP contribution in [-0.4, -0.2) is 36.3 Å². The highest BCUT2D eigenvalue weighted by atomic mass is 32.1. The molecule has 0 atom stereocenters. The van der Waals surface area contributed by atoms with E-state index in [1.54, 1.807) is 11.3 Å². The molecule has 1 saturated heterocycles. The average Bonchev–Trinajstić information content (AvgIpc) is 3.07. The molecule has 20 heavy (non-hydrogen) atoms. The van der Waals surface area contributed by atoms with Crippen molar-refractivity contribution in [1.29, 1.82) is 0 Å². The lowest BCUT2D eigenvalue weighted by Gasteiger charge is -2.26. The van der Waals surface area contributed by atoms with E-state index in [1.807, 2.05) is 5.38 Å². The fourth-order valence-electron chi connectivity index (χ4n) is 2.23. The summed E-state index contributed by atoms with van der Waals surface area (Å²) < 4.78 is 5.40. The Morgan fingerprint density at radius 2 is 2.15 bits per heavy atom. The average molecular weight is 310 g/mol. The summed E-state index contributed by atoms with van der Waals surface area (Å²) in [6.07, 6.45) is 2.06. The SMILES string of the molecule is CCCc1nc(N2CCOCC2)sc1-c1csc(N)n1. The first kappa shape index (κ1) is 13.8. The highest BCUT2D eigenvalue weighted by Gasteiger charge is 2.20. The lowest BCUT2D eigenvalue weighted by Crippen LogP contribution is -2.36. The van der Waals surface area contributed by atoms with Crippen LogP contribution in [0.15, 0.2) is 5.38 Å². The maximum absolute atomic E-state index is 5.75. The Hall–Kier alpha value is -1.18. The van der Waals surface area contributed by atoms with Crippen molar-refractivity contribution in [1.82, 2.24) is 9.97 Å². The number of rotatable bonds is 4. The van der Waals surface area contributed by atoms with Gasteiger partial charge in [-0.15, -0.1) is 11.3 Å². The van der Waals surface area contributed by atoms with Gasteiger partial charge in [-0.25, -0.2) is 9.97 Å². The molecule has 2 aromatic heterocycles. The molecule has 0 bridgehead atoms. The Morgan fingerprint density at radius 3 is 2.80 bits per heavy atom. The molecule has 0 unspecified atom stereocenters. The van der Waals surface area contributed by atoms with Crippen LogP contribution in [0, 0.1) is 0 Å². The molecule has 1 aliphatic heterocycles. The van der Waals surface area contributed by atoms with Crippen LogP contribution in [0.2, 0.25) is 0 Å². The first-order valence-corrected chi connectivity index (χ1v) is 8.51. The van der Waals surface area contributed by atoms with Crippen molar-refractivity contribution in [3.8, 4) is 10.6 Å². The second kappa shape index (κ2) is 6.07. The number of morpholine rings is 1. The molecule has 1 fully saturated rings. The third kappa shape index (κ3) is 2.79. The summed E-state index contributed by atoms with van der Waals surface area (Å²) in [6, 6.07) is 0. The van der Waals surface area contributed by atoms with Gasteiger partial charge in [-0.05, 0) is 6.42 Å². The number of nitrogen functional groups attached to an aromatic ring is 1. The molecule has 0 aromatic carbocycles. The molecule has 1 aliphatic rings. The number of anilines is 2. The van der Waals surface area contributed by atoms with Crippen molar-refractivity contribution in [3.05, 3.63) is 11.1 Å². The molecule has 3 rings (SSSR count). The molecule has 108 valence electrons. The summed E-state index contributed by atoms with van der Waals surface area (Å²) in [4.78, 5) is 12.7. The number of hydrogen-bond donors (Lipinski definition) is 1. The van der Waals surface area contributed by atoms with Crippen LogP contribution in [0.25, 0.3) is 10.6 Å². The third-order valence-corrected chi connectivity index (χ3v) is 5.06. The fourth-order valence-corrected chi connectivity index (χ4v) is 3.98. The lowest BCUT2D eigenvalue weighted by atomic mass is 10.2. The smallest absolute Gasteiger partial charge is 0.186 e. The maximum atomic E-state index is 5.75. The van der Waals surface area contributed by atoms with E-state index in [-0.39, 0.29) is 0 Å². The fraction of sp³-hybridized carbons (Fsp3) is 0.538. The first-order chi connectivity index (χ1) is 9.78. The highest BCUT2D eigenvalue weighted by Crippen LogP contribution is 2.36. The van der Waals surface area contributed by atoms with E-state index in [0.29, 0.717) is 5.13 Å². The van der Waals surface area contributed by atoms with E-state index < -0.39 is 0 Å². The predicted octanol–water partition coefficient (Wildman–Crippen LogP) is 2.64. The van der Waals surface area contributed by atoms with Crippen molar-refractivity contribution in [2.45, 2.75) is 19.8 Å². The third-order valence-electron chi connectivity index (χ3n) is 3.21. The molecule has 0 radical (unpaired) electrons. The number of nitrogens with two attached hydrogens (primary N) is 1. The first-order valence-electron chi connectivity index (χ1n) is 6.81. The van der Waals surface area contributed by atoms with Crippen LogP contribution in [0.5, 0.6) is 0 Å². The summed E-state index contributed by atoms with van der Waals surface area (Å²) in [6.45, 7) is 5.56. The second-order valence-electron chi connectivity index (χ2n) is 4.69. The predicted molar refractivity (Wildman–Crippen MR) is 84.7 cm³/mol. The van der Waals surface area contributed by atoms with E-state index in [2.05, 4.69) is 16.8 Å². The van der Waals surface area contributed by atoms with Crippen molar-refractivity contribution in [3.63, 3.8) is 0 Å². The van der Waals surface area contributed by atoms with Crippen LogP contribution >= 0.6 is 22.7 Å². The molecule has 2 N–H and O–H groups in total. The van der Waals surface area contributed by atoms with Crippen molar-refractivity contribution in [2.24, 2.45) is 0 Å². The number of hydrogen-bond acceptors (Lipinski definition) is 7. The molecule has 0 amide bonds. The number of ether oxygens (including phenoxy) is 1. The molecule has 7 heteroatoms. The summed E-state index contributed by atoms with van der Waals surface area (Å²) in [5.74, 6) is 0. The van der Waals surface area contributed by atoms with Crippen LogP contribution in [-0.2, 0) is 11.2 Å². The Balaban J connectivity index is 1.93. The van der Waals surface area contributed by atoms with Crippen molar-refractivity contribution >= 4 is 32.9 Å². The largest absolute Gasteiger partial charge is 0.378 e. The molecule has 2 aromatic rings. The van der Waals surface area contributed by atoms with Crippen LogP contribution in [0.4, 0.5) is 10.3 Å². The maximum Gasteiger partial charge on any atom is 0.186 e. The lowest BCUT2D eigenvalue weighted by molar-refractivity contribution is 0.122. The van der Waals surface area contributed by atoms with Gasteiger partial charge >= 0.3 is 0 Å². The Labute approximate surface area is 126 Å². The summed E-state index contributed by atoms with van der Waals surface area (Å²) in [7, 11) is 0. The van der Waals surface area contributed by atoms with Crippen LogP contribution < -0.4 is 10.6 Å². The molecular formula is C13H18N4OS2. The van der Waals surface area contributed by atoms with Gasteiger partial charge < -0.3 is 15.4 Å². The zero-order valence-electron chi connectivity index (χ0n) is 11.5. The van der Waals surface area contributed by atoms with Crippen molar-refractivity contribution < 1.29 is 4.74 Å². The van der Waals surface area contributed by atoms with E-state index in [1.165, 1.54) is 16.2 Å². The molecule has 5 nitrogen and oxygen atoms in total. The highest BCUT2D eigenvalue weighted by molar-refractivity contribution is 7.19. The van der Waals surface area contributed by atoms with E-state index in [0.717, 1.165) is 55.7 Å². The van der Waals surface area contributed by atoms with Gasteiger partial charge in [-0.3, -0.25) is 0 Å². The number of aromatic nitrogens is 2. The second-order valence-corrected chi connectivity index (χ2v) is 6.56. The quantitative estimate of drug-likeness (QED) is 0.940. The molecule has 0 aliphatic carbocycles. The zero-order chi connectivity index (χ0) is 13.9. The van der Waals surface area contributed by atoms with Crippen LogP contribution in [0.3, 0.4) is 0 Å². The zero-order valence-corrected chi connectivity index (χ0v) is 13.1. The Bertz CT molecular complexity index is 575. The van der Waals surface area contributed by atoms with E-state index in [4.69, 9.17) is 15.5 Å². The van der Waals surface area contributed by atoms with Gasteiger partial charge in [0.15, 0.2) is 10.3 Å². The van der Waals surface area contributed by atoms with E-state index >= 15 is 0 Å². The molecule has 0 saturated carbocycles.